The number of carbonyl (C=O) groups excluding carboxylic acids is 6. The van der Waals surface area contributed by atoms with Crippen LogP contribution < -0.4 is 118 Å². The van der Waals surface area contributed by atoms with E-state index in [2.05, 4.69) is 61.9 Å². The molecule has 0 saturated carbocycles. The third-order valence-electron chi connectivity index (χ3n) is 10.8. The first-order valence-electron chi connectivity index (χ1n) is 25.0. The molecule has 0 rings (SSSR count). The van der Waals surface area contributed by atoms with Crippen molar-refractivity contribution in [3.63, 3.8) is 0 Å². The van der Waals surface area contributed by atoms with E-state index < -0.39 is 71.7 Å². The van der Waals surface area contributed by atoms with Crippen LogP contribution in [0.1, 0.15) is 77.0 Å². The Bertz CT molecular complexity index is 1710. The van der Waals surface area contributed by atoms with E-state index in [4.69, 9.17) is 86.0 Å². The Balaban J connectivity index is 6.40. The minimum absolute atomic E-state index is 0.0284. The van der Waals surface area contributed by atoms with E-state index in [-0.39, 0.29) is 153 Å². The average molecular weight is 1080 g/mol. The molecule has 0 aromatic carbocycles. The molecule has 34 heteroatoms. The Kier molecular flexibility index (Phi) is 36.5. The van der Waals surface area contributed by atoms with Crippen molar-refractivity contribution in [1.82, 2.24) is 36.8 Å². The van der Waals surface area contributed by atoms with Crippen LogP contribution in [0.25, 0.3) is 0 Å². The quantitative estimate of drug-likeness (QED) is 0.0153. The fraction of sp³-hybridized carbons (Fsp3) is 0.714. The van der Waals surface area contributed by atoms with Gasteiger partial charge < -0.3 is 118 Å². The lowest BCUT2D eigenvalue weighted by Gasteiger charge is -2.26. The van der Waals surface area contributed by atoms with Crippen LogP contribution >= 0.6 is 0 Å². The van der Waals surface area contributed by atoms with Crippen LogP contribution in [-0.2, 0) is 28.8 Å². The molecule has 0 bridgehead atoms. The molecule has 36 N–H and O–H groups in total. The highest BCUT2D eigenvalue weighted by Gasteiger charge is 2.27. The molecule has 0 saturated heterocycles. The molecule has 0 aromatic heterocycles. The fourth-order valence-corrected chi connectivity index (χ4v) is 6.82. The summed E-state index contributed by atoms with van der Waals surface area (Å²) >= 11 is 0. The van der Waals surface area contributed by atoms with Gasteiger partial charge in [0, 0.05) is 78.5 Å². The predicted molar refractivity (Wildman–Crippen MR) is 295 cm³/mol. The van der Waals surface area contributed by atoms with E-state index in [1.165, 1.54) is 0 Å². The van der Waals surface area contributed by atoms with Crippen molar-refractivity contribution in [2.45, 2.75) is 113 Å². The number of aliphatic imine (C=N–C) groups is 6. The van der Waals surface area contributed by atoms with Crippen molar-refractivity contribution in [2.24, 2.45) is 116 Å². The third kappa shape index (κ3) is 36.2. The van der Waals surface area contributed by atoms with Gasteiger partial charge in [0.1, 0.15) is 18.1 Å². The number of hydrogen-bond donors (Lipinski definition) is 21. The van der Waals surface area contributed by atoms with E-state index in [0.29, 0.717) is 38.5 Å². The number of amides is 6. The molecule has 0 fully saturated rings. The zero-order valence-corrected chi connectivity index (χ0v) is 43.7. The fourth-order valence-electron chi connectivity index (χ4n) is 6.82. The summed E-state index contributed by atoms with van der Waals surface area (Å²) in [6.07, 6.45) is 3.32. The van der Waals surface area contributed by atoms with Crippen molar-refractivity contribution >= 4 is 71.2 Å². The normalized spacial score (nSPS) is 13.1. The molecule has 0 heterocycles. The van der Waals surface area contributed by atoms with Gasteiger partial charge in [0.15, 0.2) is 35.8 Å². The van der Waals surface area contributed by atoms with Crippen LogP contribution in [0, 0.1) is 0 Å². The summed E-state index contributed by atoms with van der Waals surface area (Å²) < 4.78 is 0. The first-order chi connectivity index (χ1) is 35.9. The highest BCUT2D eigenvalue weighted by Crippen LogP contribution is 2.06. The molecule has 434 valence electrons. The lowest BCUT2D eigenvalue weighted by atomic mass is 10.1. The largest absolute Gasteiger partial charge is 0.370 e. The maximum atomic E-state index is 13.7. The van der Waals surface area contributed by atoms with Crippen molar-refractivity contribution in [3.8, 4) is 0 Å². The molecule has 76 heavy (non-hydrogen) atoms. The van der Waals surface area contributed by atoms with Crippen LogP contribution in [0.3, 0.4) is 0 Å². The number of rotatable bonds is 42. The van der Waals surface area contributed by atoms with Gasteiger partial charge in [0.2, 0.25) is 35.4 Å². The minimum atomic E-state index is -1.03. The van der Waals surface area contributed by atoms with Crippen molar-refractivity contribution in [3.05, 3.63) is 0 Å². The molecule has 6 amide bonds. The van der Waals surface area contributed by atoms with E-state index in [1.807, 2.05) is 4.90 Å². The van der Waals surface area contributed by atoms with E-state index in [9.17, 15) is 28.8 Å². The maximum Gasteiger partial charge on any atom is 0.242 e. The Morgan fingerprint density at radius 2 is 0.513 bits per heavy atom. The van der Waals surface area contributed by atoms with E-state index in [1.54, 1.807) is 0 Å². The summed E-state index contributed by atoms with van der Waals surface area (Å²) in [5.41, 5.74) is 83.5. The molecular weight excluding hydrogens is 993 g/mol. The lowest BCUT2D eigenvalue weighted by Crippen LogP contribution is -2.54. The molecule has 0 radical (unpaired) electrons. The third-order valence-corrected chi connectivity index (χ3v) is 10.8. The first-order valence-corrected chi connectivity index (χ1v) is 25.0. The molecule has 34 nitrogen and oxygen atoms in total. The van der Waals surface area contributed by atoms with Crippen LogP contribution in [0.15, 0.2) is 30.0 Å². The Morgan fingerprint density at radius 1 is 0.316 bits per heavy atom. The molecule has 6 unspecified atom stereocenters. The first kappa shape index (κ1) is 68.3. The number of nitrogens with two attached hydrogens (primary N) is 15. The van der Waals surface area contributed by atoms with Gasteiger partial charge in [-0.3, -0.25) is 63.6 Å². The number of hydrogen-bond acceptors (Lipinski definition) is 16. The second kappa shape index (κ2) is 40.6. The van der Waals surface area contributed by atoms with Gasteiger partial charge in [-0.2, -0.15) is 0 Å². The smallest absolute Gasteiger partial charge is 0.242 e. The summed E-state index contributed by atoms with van der Waals surface area (Å²) in [6, 6.07) is -6.02. The molecule has 0 aliphatic heterocycles. The van der Waals surface area contributed by atoms with Crippen molar-refractivity contribution in [2.75, 3.05) is 78.5 Å². The predicted octanol–water partition coefficient (Wildman–Crippen LogP) is -10.6. The molecule has 0 spiro atoms. The lowest BCUT2D eigenvalue weighted by molar-refractivity contribution is -0.130. The standard InChI is InChI=1S/C42H90N28O6/c43-25(7-1-13-61-37(46)47)31(71)67-28(10-4-16-64-40(52)53)34(74)58-19-22-70(23-20-59-35(75)29(11-5-17-65-41(54)55)68-32(72)26(44)8-2-14-62-38(48)49)24-21-60-36(76)30(12-6-18-66-42(56)57)69-33(73)27(45)9-3-15-63-39(50)51/h25-30H,1-24,43-45H2,(H,58,74)(H,59,75)(H,60,76)(H,67,71)(H,68,72)(H,69,73)(H4,46,47,61)(H4,48,49,62)(H4,50,51,63)(H4,52,53,64)(H4,54,55,65)(H4,56,57,66). The summed E-state index contributed by atoms with van der Waals surface area (Å²) in [7, 11) is 0. The zero-order chi connectivity index (χ0) is 57.4. The highest BCUT2D eigenvalue weighted by atomic mass is 16.2. The van der Waals surface area contributed by atoms with Gasteiger partial charge in [-0.05, 0) is 77.0 Å². The number of nitrogens with one attached hydrogen (secondary N) is 6. The van der Waals surface area contributed by atoms with Gasteiger partial charge in [0.25, 0.3) is 0 Å². The molecule has 0 aliphatic rings. The number of nitrogens with zero attached hydrogens (tertiary/aromatic N) is 7. The summed E-state index contributed by atoms with van der Waals surface area (Å²) in [6.45, 7) is 1.88. The van der Waals surface area contributed by atoms with Crippen LogP contribution in [-0.4, -0.2) is 191 Å². The average Bonchev–Trinajstić information content (AvgIpc) is 3.34. The number of carbonyl (C=O) groups is 6. The van der Waals surface area contributed by atoms with Gasteiger partial charge in [-0.15, -0.1) is 0 Å². The Labute approximate surface area is 443 Å². The second-order valence-electron chi connectivity index (χ2n) is 17.4. The van der Waals surface area contributed by atoms with Gasteiger partial charge >= 0.3 is 0 Å². The SMILES string of the molecule is NC(N)=NCCCC(N)C(=O)NC(CCCN=C(N)N)C(=O)NCCN(CCNC(=O)C(CCCN=C(N)N)NC(=O)C(N)CCCN=C(N)N)CCNC(=O)C(CCCN=C(N)N)NC(=O)C(N)CCCN=C(N)N. The molecule has 0 aliphatic carbocycles. The molecule has 0 aromatic rings. The van der Waals surface area contributed by atoms with Gasteiger partial charge in [-0.1, -0.05) is 0 Å². The molecule has 6 atom stereocenters. The second-order valence-corrected chi connectivity index (χ2v) is 17.4. The monoisotopic (exact) mass is 1080 g/mol. The summed E-state index contributed by atoms with van der Waals surface area (Å²) in [5.74, 6) is -4.05. The topological polar surface area (TPSA) is 642 Å². The molecular formula is C42H90N28O6. The number of guanidine groups is 6. The van der Waals surface area contributed by atoms with Crippen LogP contribution in [0.5, 0.6) is 0 Å². The summed E-state index contributed by atoms with van der Waals surface area (Å²) in [5, 5.41) is 16.6. The Morgan fingerprint density at radius 3 is 0.711 bits per heavy atom. The van der Waals surface area contributed by atoms with Crippen molar-refractivity contribution in [1.29, 1.82) is 0 Å². The highest BCUT2D eigenvalue weighted by molar-refractivity contribution is 5.91. The maximum absolute atomic E-state index is 13.7. The van der Waals surface area contributed by atoms with Gasteiger partial charge in [-0.25, -0.2) is 0 Å². The zero-order valence-electron chi connectivity index (χ0n) is 43.7. The minimum Gasteiger partial charge on any atom is -0.370 e. The van der Waals surface area contributed by atoms with E-state index in [0.717, 1.165) is 0 Å². The van der Waals surface area contributed by atoms with Crippen molar-refractivity contribution < 1.29 is 28.8 Å². The Hall–Kier alpha value is -7.72. The van der Waals surface area contributed by atoms with E-state index >= 15 is 0 Å². The van der Waals surface area contributed by atoms with Crippen LogP contribution in [0.4, 0.5) is 0 Å². The summed E-state index contributed by atoms with van der Waals surface area (Å²) in [4.78, 5) is 106. The van der Waals surface area contributed by atoms with Crippen LogP contribution in [0.2, 0.25) is 0 Å². The van der Waals surface area contributed by atoms with Gasteiger partial charge in [0.05, 0.1) is 18.1 Å².